The summed E-state index contributed by atoms with van der Waals surface area (Å²) in [4.78, 5) is 14.0. The number of aryl methyl sites for hydroxylation is 1. The molecule has 0 aliphatic carbocycles. The molecule has 2 aliphatic rings. The molecular weight excluding hydrogens is 346 g/mol. The first-order valence-corrected chi connectivity index (χ1v) is 9.68. The number of nitrogens with zero attached hydrogens (tertiary/aromatic N) is 3. The Balaban J connectivity index is 1.72. The molecule has 2 atom stereocenters. The molecule has 3 heterocycles. The van der Waals surface area contributed by atoms with Crippen molar-refractivity contribution in [1.29, 1.82) is 0 Å². The highest BCUT2D eigenvalue weighted by Gasteiger charge is 2.37. The van der Waals surface area contributed by atoms with E-state index in [1.165, 1.54) is 21.0 Å². The summed E-state index contributed by atoms with van der Waals surface area (Å²) in [5, 5.41) is 0. The Kier molecular flexibility index (Phi) is 3.99. The van der Waals surface area contributed by atoms with Gasteiger partial charge in [-0.3, -0.25) is 9.47 Å². The van der Waals surface area contributed by atoms with Crippen molar-refractivity contribution in [3.8, 4) is 0 Å². The Labute approximate surface area is 145 Å². The predicted octanol–water partition coefficient (Wildman–Crippen LogP) is 0.0826. The first-order chi connectivity index (χ1) is 11.9. The van der Waals surface area contributed by atoms with Crippen LogP contribution >= 0.6 is 0 Å². The highest BCUT2D eigenvalue weighted by molar-refractivity contribution is 7.89. The van der Waals surface area contributed by atoms with Gasteiger partial charge in [-0.15, -0.1) is 0 Å². The van der Waals surface area contributed by atoms with Crippen LogP contribution in [-0.2, 0) is 21.8 Å². The summed E-state index contributed by atoms with van der Waals surface area (Å²) in [6, 6.07) is 4.63. The smallest absolute Gasteiger partial charge is 0.408 e. The van der Waals surface area contributed by atoms with Crippen LogP contribution < -0.4 is 5.76 Å². The number of benzene rings is 1. The first kappa shape index (κ1) is 16.8. The zero-order valence-electron chi connectivity index (χ0n) is 14.2. The van der Waals surface area contributed by atoms with E-state index in [4.69, 9.17) is 9.15 Å². The molecule has 9 heteroatoms. The van der Waals surface area contributed by atoms with E-state index in [2.05, 4.69) is 4.90 Å². The molecule has 1 aromatic carbocycles. The van der Waals surface area contributed by atoms with Gasteiger partial charge in [0, 0.05) is 44.7 Å². The average molecular weight is 367 g/mol. The number of aromatic nitrogens is 1. The zero-order chi connectivity index (χ0) is 17.8. The van der Waals surface area contributed by atoms with Gasteiger partial charge in [0.25, 0.3) is 0 Å². The van der Waals surface area contributed by atoms with Crippen LogP contribution in [0.1, 0.15) is 0 Å². The van der Waals surface area contributed by atoms with Crippen molar-refractivity contribution in [3.05, 3.63) is 28.7 Å². The Hall–Kier alpha value is -1.68. The minimum Gasteiger partial charge on any atom is -0.408 e. The quantitative estimate of drug-likeness (QED) is 0.748. The predicted molar refractivity (Wildman–Crippen MR) is 90.9 cm³/mol. The molecule has 0 N–H and O–H groups in total. The standard InChI is InChI=1S/C16H21N3O5S/c1-17-6-11-7-19(8-12(17)10-23-9-11)25(21,22)13-3-4-14-15(5-13)24-16(20)18(14)2/h3-5,11-12H,6-10H2,1-2H3/t11-,12+/m1/s1. The monoisotopic (exact) mass is 367 g/mol. The molecule has 0 amide bonds. The van der Waals surface area contributed by atoms with Crippen molar-refractivity contribution < 1.29 is 17.6 Å². The van der Waals surface area contributed by atoms with Gasteiger partial charge in [0.05, 0.1) is 23.6 Å². The van der Waals surface area contributed by atoms with Crippen LogP contribution in [0, 0.1) is 5.92 Å². The fraction of sp³-hybridized carbons (Fsp3) is 0.562. The molecule has 2 bridgehead atoms. The second-order valence-corrected chi connectivity index (χ2v) is 8.81. The van der Waals surface area contributed by atoms with Crippen LogP contribution in [0.15, 0.2) is 32.3 Å². The van der Waals surface area contributed by atoms with E-state index in [0.717, 1.165) is 6.54 Å². The van der Waals surface area contributed by atoms with Crippen molar-refractivity contribution in [3.63, 3.8) is 0 Å². The fourth-order valence-corrected chi connectivity index (χ4v) is 5.20. The maximum Gasteiger partial charge on any atom is 0.419 e. The van der Waals surface area contributed by atoms with Crippen LogP contribution in [0.2, 0.25) is 0 Å². The lowest BCUT2D eigenvalue weighted by Crippen LogP contribution is -2.44. The molecule has 0 saturated carbocycles. The van der Waals surface area contributed by atoms with Crippen LogP contribution in [0.4, 0.5) is 0 Å². The summed E-state index contributed by atoms with van der Waals surface area (Å²) in [7, 11) is -0.0675. The summed E-state index contributed by atoms with van der Waals surface area (Å²) in [6.07, 6.45) is 0. The third-order valence-electron chi connectivity index (χ3n) is 5.11. The van der Waals surface area contributed by atoms with Crippen molar-refractivity contribution in [2.75, 3.05) is 39.9 Å². The Bertz CT molecular complexity index is 964. The Morgan fingerprint density at radius 3 is 2.72 bits per heavy atom. The average Bonchev–Trinajstić information content (AvgIpc) is 2.68. The van der Waals surface area contributed by atoms with E-state index in [1.807, 2.05) is 7.05 Å². The Morgan fingerprint density at radius 1 is 1.12 bits per heavy atom. The highest BCUT2D eigenvalue weighted by Crippen LogP contribution is 2.26. The molecular formula is C16H21N3O5S. The molecule has 2 fully saturated rings. The molecule has 2 aromatic rings. The number of likely N-dealkylation sites (N-methyl/N-ethyl adjacent to an activating group) is 1. The number of rotatable bonds is 2. The molecule has 2 saturated heterocycles. The summed E-state index contributed by atoms with van der Waals surface area (Å²) in [5.74, 6) is -0.363. The number of hydrogen-bond donors (Lipinski definition) is 0. The van der Waals surface area contributed by atoms with Gasteiger partial charge in [-0.1, -0.05) is 0 Å². The van der Waals surface area contributed by atoms with Gasteiger partial charge >= 0.3 is 5.76 Å². The van der Waals surface area contributed by atoms with Crippen LogP contribution in [0.3, 0.4) is 0 Å². The van der Waals surface area contributed by atoms with Gasteiger partial charge in [0.15, 0.2) is 5.58 Å². The lowest BCUT2D eigenvalue weighted by molar-refractivity contribution is 0.0727. The van der Waals surface area contributed by atoms with Gasteiger partial charge in [0.1, 0.15) is 0 Å². The molecule has 8 nitrogen and oxygen atoms in total. The fourth-order valence-electron chi connectivity index (χ4n) is 3.63. The summed E-state index contributed by atoms with van der Waals surface area (Å²) in [5.41, 5.74) is 0.855. The molecule has 4 rings (SSSR count). The highest BCUT2D eigenvalue weighted by atomic mass is 32.2. The summed E-state index contributed by atoms with van der Waals surface area (Å²) < 4.78 is 40.0. The molecule has 0 unspecified atom stereocenters. The summed E-state index contributed by atoms with van der Waals surface area (Å²) >= 11 is 0. The van der Waals surface area contributed by atoms with E-state index in [-0.39, 0.29) is 22.4 Å². The Morgan fingerprint density at radius 2 is 1.92 bits per heavy atom. The second kappa shape index (κ2) is 5.94. The largest absolute Gasteiger partial charge is 0.419 e. The third-order valence-corrected chi connectivity index (χ3v) is 6.94. The van der Waals surface area contributed by atoms with E-state index in [9.17, 15) is 13.2 Å². The van der Waals surface area contributed by atoms with Crippen molar-refractivity contribution in [2.45, 2.75) is 10.9 Å². The van der Waals surface area contributed by atoms with Gasteiger partial charge < -0.3 is 9.15 Å². The minimum atomic E-state index is -3.67. The number of fused-ring (bicyclic) bond motifs is 4. The molecule has 2 aliphatic heterocycles. The van der Waals surface area contributed by atoms with Crippen LogP contribution in [0.5, 0.6) is 0 Å². The number of oxazole rings is 1. The van der Waals surface area contributed by atoms with Crippen LogP contribution in [0.25, 0.3) is 11.1 Å². The van der Waals surface area contributed by atoms with Crippen molar-refractivity contribution in [2.24, 2.45) is 13.0 Å². The van der Waals surface area contributed by atoms with Gasteiger partial charge in [-0.25, -0.2) is 13.2 Å². The first-order valence-electron chi connectivity index (χ1n) is 8.24. The maximum absolute atomic E-state index is 13.2. The zero-order valence-corrected chi connectivity index (χ0v) is 15.0. The van der Waals surface area contributed by atoms with Crippen LogP contribution in [-0.4, -0.2) is 68.1 Å². The lowest BCUT2D eigenvalue weighted by atomic mass is 10.1. The number of hydrogen-bond acceptors (Lipinski definition) is 6. The molecule has 136 valence electrons. The van der Waals surface area contributed by atoms with E-state index >= 15 is 0 Å². The number of sulfonamides is 1. The minimum absolute atomic E-state index is 0.0423. The third kappa shape index (κ3) is 2.80. The van der Waals surface area contributed by atoms with Crippen molar-refractivity contribution >= 4 is 21.1 Å². The molecule has 0 spiro atoms. The van der Waals surface area contributed by atoms with E-state index in [0.29, 0.717) is 31.8 Å². The molecule has 25 heavy (non-hydrogen) atoms. The van der Waals surface area contributed by atoms with Gasteiger partial charge in [-0.2, -0.15) is 4.31 Å². The molecule has 1 aromatic heterocycles. The van der Waals surface area contributed by atoms with Crippen molar-refractivity contribution in [1.82, 2.24) is 13.8 Å². The molecule has 0 radical (unpaired) electrons. The lowest BCUT2D eigenvalue weighted by Gasteiger charge is -2.29. The number of ether oxygens (including phenoxy) is 1. The van der Waals surface area contributed by atoms with E-state index in [1.54, 1.807) is 13.1 Å². The SMILES string of the molecule is CN1C[C@H]2COC[C@@H]1CN(S(=O)(=O)c1ccc3c(c1)oc(=O)n3C)C2. The normalized spacial score (nSPS) is 26.0. The topological polar surface area (TPSA) is 85.0 Å². The summed E-state index contributed by atoms with van der Waals surface area (Å²) in [6.45, 7) is 2.75. The second-order valence-electron chi connectivity index (χ2n) is 6.88. The van der Waals surface area contributed by atoms with Gasteiger partial charge in [-0.05, 0) is 19.2 Å². The van der Waals surface area contributed by atoms with Gasteiger partial charge in [0.2, 0.25) is 10.0 Å². The van der Waals surface area contributed by atoms with E-state index < -0.39 is 15.8 Å². The maximum atomic E-state index is 13.2.